The third-order valence-electron chi connectivity index (χ3n) is 3.06. The van der Waals surface area contributed by atoms with Crippen molar-refractivity contribution in [3.8, 4) is 16.9 Å². The second-order valence-corrected chi connectivity index (χ2v) is 4.46. The van der Waals surface area contributed by atoms with Crippen LogP contribution in [0.1, 0.15) is 10.5 Å². The Bertz CT molecular complexity index is 780. The van der Waals surface area contributed by atoms with Crippen LogP contribution in [0.5, 0.6) is 0 Å². The summed E-state index contributed by atoms with van der Waals surface area (Å²) in [6.07, 6.45) is 0. The van der Waals surface area contributed by atoms with Crippen LogP contribution < -0.4 is 5.11 Å². The van der Waals surface area contributed by atoms with Crippen molar-refractivity contribution in [3.63, 3.8) is 0 Å². The third kappa shape index (κ3) is 2.53. The molecule has 2 aromatic carbocycles. The summed E-state index contributed by atoms with van der Waals surface area (Å²) >= 11 is 0. The first-order valence-electron chi connectivity index (χ1n) is 6.28. The van der Waals surface area contributed by atoms with E-state index in [0.29, 0.717) is 11.4 Å². The fourth-order valence-electron chi connectivity index (χ4n) is 2.07. The van der Waals surface area contributed by atoms with E-state index in [4.69, 9.17) is 0 Å². The van der Waals surface area contributed by atoms with Crippen molar-refractivity contribution in [2.24, 2.45) is 0 Å². The zero-order chi connectivity index (χ0) is 14.8. The molecule has 0 spiro atoms. The molecule has 3 rings (SSSR count). The molecule has 0 aliphatic heterocycles. The Hall–Kier alpha value is -2.95. The van der Waals surface area contributed by atoms with Crippen LogP contribution in [-0.4, -0.2) is 15.7 Å². The van der Waals surface area contributed by atoms with Gasteiger partial charge in [0.2, 0.25) is 0 Å². The SMILES string of the molecule is O=C([O-])c1cc(-c2ccccc2)n(-c2ccc(F)cc2)n1. The van der Waals surface area contributed by atoms with Crippen molar-refractivity contribution in [1.82, 2.24) is 9.78 Å². The van der Waals surface area contributed by atoms with E-state index < -0.39 is 5.97 Å². The Kier molecular flexibility index (Phi) is 3.23. The minimum absolute atomic E-state index is 0.168. The average Bonchev–Trinajstić information content (AvgIpc) is 2.94. The third-order valence-corrected chi connectivity index (χ3v) is 3.06. The molecule has 3 aromatic rings. The highest BCUT2D eigenvalue weighted by Gasteiger charge is 2.12. The van der Waals surface area contributed by atoms with Crippen molar-refractivity contribution >= 4 is 5.97 Å². The molecule has 104 valence electrons. The lowest BCUT2D eigenvalue weighted by molar-refractivity contribution is -0.255. The van der Waals surface area contributed by atoms with Crippen molar-refractivity contribution in [1.29, 1.82) is 0 Å². The highest BCUT2D eigenvalue weighted by atomic mass is 19.1. The summed E-state index contributed by atoms with van der Waals surface area (Å²) in [6.45, 7) is 0. The van der Waals surface area contributed by atoms with E-state index in [0.717, 1.165) is 5.56 Å². The van der Waals surface area contributed by atoms with E-state index >= 15 is 0 Å². The predicted molar refractivity (Wildman–Crippen MR) is 73.3 cm³/mol. The Morgan fingerprint density at radius 1 is 1.05 bits per heavy atom. The van der Waals surface area contributed by atoms with Crippen molar-refractivity contribution < 1.29 is 14.3 Å². The van der Waals surface area contributed by atoms with Crippen LogP contribution in [0.25, 0.3) is 16.9 Å². The van der Waals surface area contributed by atoms with Gasteiger partial charge in [0.15, 0.2) is 0 Å². The number of carboxylic acids is 1. The van der Waals surface area contributed by atoms with Crippen molar-refractivity contribution in [2.75, 3.05) is 0 Å². The van der Waals surface area contributed by atoms with Gasteiger partial charge >= 0.3 is 0 Å². The highest BCUT2D eigenvalue weighted by Crippen LogP contribution is 2.23. The summed E-state index contributed by atoms with van der Waals surface area (Å²) in [4.78, 5) is 11.0. The van der Waals surface area contributed by atoms with Crippen LogP contribution >= 0.6 is 0 Å². The molecule has 0 amide bonds. The molecule has 1 heterocycles. The summed E-state index contributed by atoms with van der Waals surface area (Å²) in [5, 5.41) is 15.1. The zero-order valence-electron chi connectivity index (χ0n) is 10.9. The normalized spacial score (nSPS) is 10.5. The maximum atomic E-state index is 13.0. The van der Waals surface area contributed by atoms with E-state index in [1.807, 2.05) is 30.3 Å². The molecular formula is C16H10FN2O2-. The first-order valence-corrected chi connectivity index (χ1v) is 6.28. The largest absolute Gasteiger partial charge is 0.543 e. The second-order valence-electron chi connectivity index (χ2n) is 4.46. The maximum Gasteiger partial charge on any atom is 0.123 e. The van der Waals surface area contributed by atoms with Gasteiger partial charge in [-0.1, -0.05) is 30.3 Å². The Morgan fingerprint density at radius 3 is 2.33 bits per heavy atom. The number of hydrogen-bond acceptors (Lipinski definition) is 3. The Balaban J connectivity index is 2.19. The van der Waals surface area contributed by atoms with Gasteiger partial charge in [0.25, 0.3) is 0 Å². The molecule has 0 aliphatic carbocycles. The number of benzene rings is 2. The lowest BCUT2D eigenvalue weighted by atomic mass is 10.1. The standard InChI is InChI=1S/C16H11FN2O2/c17-12-6-8-13(9-7-12)19-15(10-14(18-19)16(20)21)11-4-2-1-3-5-11/h1-10H,(H,20,21)/p-1. The summed E-state index contributed by atoms with van der Waals surface area (Å²) in [7, 11) is 0. The van der Waals surface area contributed by atoms with Crippen LogP contribution in [-0.2, 0) is 0 Å². The molecule has 0 fully saturated rings. The number of aromatic carboxylic acids is 1. The monoisotopic (exact) mass is 281 g/mol. The summed E-state index contributed by atoms with van der Waals surface area (Å²) in [5.41, 5.74) is 1.81. The van der Waals surface area contributed by atoms with Gasteiger partial charge in [-0.3, -0.25) is 0 Å². The van der Waals surface area contributed by atoms with Gasteiger partial charge < -0.3 is 9.90 Å². The lowest BCUT2D eigenvalue weighted by Gasteiger charge is -2.07. The van der Waals surface area contributed by atoms with Crippen molar-refractivity contribution in [2.45, 2.75) is 0 Å². The molecule has 4 nitrogen and oxygen atoms in total. The van der Waals surface area contributed by atoms with Gasteiger partial charge in [-0.2, -0.15) is 5.10 Å². The summed E-state index contributed by atoms with van der Waals surface area (Å²) in [6, 6.07) is 16.3. The second kappa shape index (κ2) is 5.20. The highest BCUT2D eigenvalue weighted by molar-refractivity contribution is 5.85. The molecule has 21 heavy (non-hydrogen) atoms. The number of aromatic nitrogens is 2. The number of hydrogen-bond donors (Lipinski definition) is 0. The minimum Gasteiger partial charge on any atom is -0.543 e. The fraction of sp³-hybridized carbons (Fsp3) is 0. The first-order chi connectivity index (χ1) is 10.1. The van der Waals surface area contributed by atoms with E-state index in [-0.39, 0.29) is 11.5 Å². The van der Waals surface area contributed by atoms with E-state index in [1.165, 1.54) is 35.0 Å². The van der Waals surface area contributed by atoms with Crippen molar-refractivity contribution in [3.05, 3.63) is 72.2 Å². The first kappa shape index (κ1) is 13.1. The molecule has 1 aromatic heterocycles. The number of carbonyl (C=O) groups excluding carboxylic acids is 1. The number of nitrogens with zero attached hydrogens (tertiary/aromatic N) is 2. The van der Waals surface area contributed by atoms with Crippen LogP contribution in [0.3, 0.4) is 0 Å². The topological polar surface area (TPSA) is 57.9 Å². The van der Waals surface area contributed by atoms with Gasteiger partial charge in [-0.15, -0.1) is 0 Å². The van der Waals surface area contributed by atoms with Crippen LogP contribution in [0, 0.1) is 5.82 Å². The van der Waals surface area contributed by atoms with Crippen LogP contribution in [0.4, 0.5) is 4.39 Å². The van der Waals surface area contributed by atoms with E-state index in [2.05, 4.69) is 5.10 Å². The maximum absolute atomic E-state index is 13.0. The number of halogens is 1. The molecule has 0 unspecified atom stereocenters. The Labute approximate surface area is 120 Å². The molecule has 0 saturated heterocycles. The van der Waals surface area contributed by atoms with E-state index in [9.17, 15) is 14.3 Å². The quantitative estimate of drug-likeness (QED) is 0.738. The average molecular weight is 281 g/mol. The zero-order valence-corrected chi connectivity index (χ0v) is 10.9. The van der Waals surface area contributed by atoms with Gasteiger partial charge in [-0.05, 0) is 30.3 Å². The van der Waals surface area contributed by atoms with Crippen LogP contribution in [0.2, 0.25) is 0 Å². The molecule has 0 atom stereocenters. The van der Waals surface area contributed by atoms with Gasteiger partial charge in [-0.25, -0.2) is 9.07 Å². The van der Waals surface area contributed by atoms with Gasteiger partial charge in [0, 0.05) is 5.56 Å². The Morgan fingerprint density at radius 2 is 1.71 bits per heavy atom. The molecule has 0 bridgehead atoms. The molecule has 0 aliphatic rings. The molecular weight excluding hydrogens is 271 g/mol. The molecule has 0 radical (unpaired) electrons. The lowest BCUT2D eigenvalue weighted by Crippen LogP contribution is -2.22. The molecule has 0 saturated carbocycles. The number of rotatable bonds is 3. The van der Waals surface area contributed by atoms with E-state index in [1.54, 1.807) is 0 Å². The number of carboxylic acid groups (broad SMARTS) is 1. The van der Waals surface area contributed by atoms with Gasteiger partial charge in [0.1, 0.15) is 11.5 Å². The predicted octanol–water partition coefficient (Wildman–Crippen LogP) is 2.04. The smallest absolute Gasteiger partial charge is 0.123 e. The molecule has 0 N–H and O–H groups in total. The summed E-state index contributed by atoms with van der Waals surface area (Å²) in [5.74, 6) is -1.72. The number of carbonyl (C=O) groups is 1. The molecule has 5 heteroatoms. The van der Waals surface area contributed by atoms with Gasteiger partial charge in [0.05, 0.1) is 17.4 Å². The van der Waals surface area contributed by atoms with Crippen LogP contribution in [0.15, 0.2) is 60.7 Å². The minimum atomic E-state index is -1.35. The fourth-order valence-corrected chi connectivity index (χ4v) is 2.07. The summed E-state index contributed by atoms with van der Waals surface area (Å²) < 4.78 is 14.5.